The Morgan fingerprint density at radius 2 is 1.40 bits per heavy atom. The number of halogens is 8. The van der Waals surface area contributed by atoms with Gasteiger partial charge in [0, 0.05) is 32.1 Å². The average molecular weight is 875 g/mol. The van der Waals surface area contributed by atoms with Crippen molar-refractivity contribution in [2.45, 2.75) is 28.5 Å². The van der Waals surface area contributed by atoms with E-state index in [9.17, 15) is 57.7 Å². The third kappa shape index (κ3) is 5.23. The first-order valence-electron chi connectivity index (χ1n) is 16.6. The van der Waals surface area contributed by atoms with Gasteiger partial charge in [-0.25, -0.2) is 31.8 Å². The standard InChI is InChI=1S/C35H23Cl3F5N5O10/c1-44(2)27-17(47(54)55)8-12(9-18(27)48(56)57)45-30(50)14-5-4-13-15(20(14)31(45)51)10-34(37)32(52)46(28-25(42)23(40)22(39)24(41)26(28)43)33(53)35(34,38)21(13)11-6-16(36)29(49)19(7-11)58-3/h4,6-9,14-15,20-21,49H,5,10H2,1-3H3. The van der Waals surface area contributed by atoms with Crippen LogP contribution >= 0.6 is 34.8 Å². The van der Waals surface area contributed by atoms with Crippen molar-refractivity contribution in [1.29, 1.82) is 0 Å². The van der Waals surface area contributed by atoms with Crippen LogP contribution in [0.15, 0.2) is 35.9 Å². The van der Waals surface area contributed by atoms with Crippen LogP contribution < -0.4 is 19.4 Å². The Morgan fingerprint density at radius 3 is 1.91 bits per heavy atom. The highest BCUT2D eigenvalue weighted by molar-refractivity contribution is 6.58. The molecule has 0 bridgehead atoms. The van der Waals surface area contributed by atoms with Crippen molar-refractivity contribution in [3.63, 3.8) is 0 Å². The molecule has 4 amide bonds. The number of anilines is 3. The summed E-state index contributed by atoms with van der Waals surface area (Å²) in [5.41, 5.74) is -4.87. The molecule has 7 rings (SSSR count). The molecule has 2 aliphatic heterocycles. The number of methoxy groups -OCH3 is 1. The fraction of sp³-hybridized carbons (Fsp3) is 0.314. The fourth-order valence-electron chi connectivity index (χ4n) is 8.57. The molecule has 6 atom stereocenters. The number of aromatic hydroxyl groups is 1. The van der Waals surface area contributed by atoms with E-state index in [-0.39, 0.29) is 28.2 Å². The summed E-state index contributed by atoms with van der Waals surface area (Å²) in [5, 5.41) is 34.3. The van der Waals surface area contributed by atoms with E-state index in [4.69, 9.17) is 39.5 Å². The molecule has 23 heteroatoms. The van der Waals surface area contributed by atoms with Crippen molar-refractivity contribution >= 4 is 86.9 Å². The molecular weight excluding hydrogens is 852 g/mol. The summed E-state index contributed by atoms with van der Waals surface area (Å²) in [6.45, 7) is 0. The number of hydrogen-bond donors (Lipinski definition) is 1. The van der Waals surface area contributed by atoms with Crippen LogP contribution in [0.1, 0.15) is 24.3 Å². The number of fused-ring (bicyclic) bond motifs is 4. The molecule has 15 nitrogen and oxygen atoms in total. The number of nitrogens with zero attached hydrogens (tertiary/aromatic N) is 5. The van der Waals surface area contributed by atoms with Crippen molar-refractivity contribution in [2.75, 3.05) is 35.9 Å². The number of amides is 4. The van der Waals surface area contributed by atoms with E-state index >= 15 is 8.78 Å². The number of allylic oxidation sites excluding steroid dienone is 2. The highest BCUT2D eigenvalue weighted by atomic mass is 35.5. The number of benzene rings is 3. The number of rotatable bonds is 7. The quantitative estimate of drug-likeness (QED) is 0.0404. The van der Waals surface area contributed by atoms with Gasteiger partial charge in [-0.05, 0) is 36.5 Å². The van der Waals surface area contributed by atoms with E-state index in [0.717, 1.165) is 36.3 Å². The molecular formula is C35H23Cl3F5N5O10. The van der Waals surface area contributed by atoms with Gasteiger partial charge in [-0.2, -0.15) is 0 Å². The first kappa shape index (κ1) is 40.6. The van der Waals surface area contributed by atoms with Gasteiger partial charge < -0.3 is 14.7 Å². The van der Waals surface area contributed by atoms with E-state index in [1.165, 1.54) is 20.2 Å². The van der Waals surface area contributed by atoms with Gasteiger partial charge in [-0.3, -0.25) is 39.4 Å². The number of imide groups is 2. The van der Waals surface area contributed by atoms with Gasteiger partial charge in [0.2, 0.25) is 17.6 Å². The molecule has 304 valence electrons. The molecule has 3 aromatic rings. The zero-order valence-electron chi connectivity index (χ0n) is 29.5. The summed E-state index contributed by atoms with van der Waals surface area (Å²) < 4.78 is 79.1. The monoisotopic (exact) mass is 873 g/mol. The third-order valence-electron chi connectivity index (χ3n) is 11.0. The number of phenols is 1. The maximum absolute atomic E-state index is 15.3. The van der Waals surface area contributed by atoms with Crippen LogP contribution in [0.5, 0.6) is 11.5 Å². The number of hydrogen-bond acceptors (Lipinski definition) is 11. The normalized spacial score (nSPS) is 26.4. The summed E-state index contributed by atoms with van der Waals surface area (Å²) in [6.07, 6.45) is 0.133. The minimum atomic E-state index is -2.93. The lowest BCUT2D eigenvalue weighted by molar-refractivity contribution is -0.392. The average Bonchev–Trinajstić information content (AvgIpc) is 3.51. The van der Waals surface area contributed by atoms with Crippen molar-refractivity contribution in [3.05, 3.63) is 95.8 Å². The van der Waals surface area contributed by atoms with Crippen LogP contribution in [-0.4, -0.2) is 69.5 Å². The van der Waals surface area contributed by atoms with Gasteiger partial charge in [-0.1, -0.05) is 23.3 Å². The van der Waals surface area contributed by atoms with E-state index in [2.05, 4.69) is 0 Å². The Balaban J connectivity index is 1.44. The largest absolute Gasteiger partial charge is 0.503 e. The molecule has 1 saturated carbocycles. The maximum Gasteiger partial charge on any atom is 0.301 e. The number of ether oxygens (including phenoxy) is 1. The van der Waals surface area contributed by atoms with Gasteiger partial charge in [-0.15, -0.1) is 23.2 Å². The molecule has 2 aliphatic carbocycles. The second-order valence-electron chi connectivity index (χ2n) is 14.0. The van der Waals surface area contributed by atoms with E-state index in [1.54, 1.807) is 0 Å². The van der Waals surface area contributed by atoms with Gasteiger partial charge in [0.25, 0.3) is 11.8 Å². The first-order valence-corrected chi connectivity index (χ1v) is 17.8. The molecule has 0 spiro atoms. The Bertz CT molecular complexity index is 2450. The predicted octanol–water partition coefficient (Wildman–Crippen LogP) is 6.40. The number of phenolic OH excluding ortho intramolecular Hbond substituents is 1. The zero-order chi connectivity index (χ0) is 42.8. The molecule has 1 N–H and O–H groups in total. The molecule has 4 aliphatic rings. The Hall–Kier alpha value is -5.60. The summed E-state index contributed by atoms with van der Waals surface area (Å²) in [6, 6.07) is 3.72. The molecule has 2 saturated heterocycles. The summed E-state index contributed by atoms with van der Waals surface area (Å²) >= 11 is 20.5. The maximum atomic E-state index is 15.3. The topological polar surface area (TPSA) is 194 Å². The molecule has 6 unspecified atom stereocenters. The Labute approximate surface area is 336 Å². The highest BCUT2D eigenvalue weighted by Gasteiger charge is 2.77. The second-order valence-corrected chi connectivity index (χ2v) is 15.6. The zero-order valence-corrected chi connectivity index (χ0v) is 31.8. The van der Waals surface area contributed by atoms with E-state index in [1.807, 2.05) is 0 Å². The smallest absolute Gasteiger partial charge is 0.301 e. The SMILES string of the molecule is COc1cc(C2C3=CCC4C(=O)N(c5cc([N+](=O)[O-])c(N(C)C)c([N+](=O)[O-])c5)C(=O)C4C3CC3(Cl)C(=O)N(c4c(F)c(F)c(F)c(F)c4F)C(=O)C23Cl)cc(Cl)c1O. The number of nitro benzene ring substituents is 2. The Kier molecular flexibility index (Phi) is 9.44. The molecule has 3 aromatic carbocycles. The third-order valence-corrected chi connectivity index (χ3v) is 12.7. The van der Waals surface area contributed by atoms with Crippen LogP contribution in [0.4, 0.5) is 50.4 Å². The van der Waals surface area contributed by atoms with E-state index < -0.39 is 142 Å². The van der Waals surface area contributed by atoms with Gasteiger partial charge in [0.1, 0.15) is 5.69 Å². The molecule has 2 heterocycles. The predicted molar refractivity (Wildman–Crippen MR) is 193 cm³/mol. The number of nitro groups is 2. The van der Waals surface area contributed by atoms with Crippen LogP contribution in [0.3, 0.4) is 0 Å². The fourth-order valence-corrected chi connectivity index (χ4v) is 9.72. The lowest BCUT2D eigenvalue weighted by Crippen LogP contribution is -2.60. The summed E-state index contributed by atoms with van der Waals surface area (Å²) in [5.74, 6) is -25.5. The molecule has 0 aromatic heterocycles. The van der Waals surface area contributed by atoms with Crippen molar-refractivity contribution in [1.82, 2.24) is 0 Å². The first-order chi connectivity index (χ1) is 27.1. The van der Waals surface area contributed by atoms with Crippen LogP contribution in [-0.2, 0) is 19.2 Å². The van der Waals surface area contributed by atoms with Gasteiger partial charge in [0.15, 0.2) is 50.2 Å². The lowest BCUT2D eigenvalue weighted by atomic mass is 9.56. The van der Waals surface area contributed by atoms with Gasteiger partial charge >= 0.3 is 11.4 Å². The lowest BCUT2D eigenvalue weighted by Gasteiger charge is -2.50. The number of alkyl halides is 2. The van der Waals surface area contributed by atoms with Crippen LogP contribution in [0.2, 0.25) is 5.02 Å². The summed E-state index contributed by atoms with van der Waals surface area (Å²) in [4.78, 5) is 75.2. The Morgan fingerprint density at radius 1 is 0.845 bits per heavy atom. The van der Waals surface area contributed by atoms with Gasteiger partial charge in [0.05, 0.1) is 39.5 Å². The highest BCUT2D eigenvalue weighted by Crippen LogP contribution is 2.66. The minimum absolute atomic E-state index is 0.000313. The number of carbonyl (C=O) groups excluding carboxylic acids is 4. The summed E-state index contributed by atoms with van der Waals surface area (Å²) in [7, 11) is 3.69. The van der Waals surface area contributed by atoms with Crippen molar-refractivity contribution in [2.24, 2.45) is 17.8 Å². The number of carbonyl (C=O) groups is 4. The van der Waals surface area contributed by atoms with Crippen LogP contribution in [0, 0.1) is 67.1 Å². The molecule has 3 fully saturated rings. The second kappa shape index (κ2) is 13.5. The van der Waals surface area contributed by atoms with Crippen LogP contribution in [0.25, 0.3) is 0 Å². The van der Waals surface area contributed by atoms with Crippen molar-refractivity contribution in [3.8, 4) is 11.5 Å². The molecule has 0 radical (unpaired) electrons. The molecule has 58 heavy (non-hydrogen) atoms. The van der Waals surface area contributed by atoms with Crippen molar-refractivity contribution < 1.29 is 60.8 Å². The van der Waals surface area contributed by atoms with E-state index in [0.29, 0.717) is 4.90 Å². The minimum Gasteiger partial charge on any atom is -0.503 e.